The molecular formula is C25H35NO3. The van der Waals surface area contributed by atoms with Gasteiger partial charge in [-0.25, -0.2) is 0 Å². The fourth-order valence-corrected chi connectivity index (χ4v) is 3.88. The zero-order valence-corrected chi connectivity index (χ0v) is 18.0. The highest BCUT2D eigenvalue weighted by Gasteiger charge is 2.18. The quantitative estimate of drug-likeness (QED) is 0.293. The number of fused-ring (bicyclic) bond motifs is 1. The van der Waals surface area contributed by atoms with E-state index in [9.17, 15) is 9.59 Å². The summed E-state index contributed by atoms with van der Waals surface area (Å²) in [5.41, 5.74) is 1.36. The summed E-state index contributed by atoms with van der Waals surface area (Å²) in [5.74, 6) is -0.796. The van der Waals surface area contributed by atoms with Crippen LogP contribution < -0.4 is 4.90 Å². The van der Waals surface area contributed by atoms with Crippen molar-refractivity contribution in [3.63, 3.8) is 0 Å². The molecular weight excluding hydrogens is 362 g/mol. The van der Waals surface area contributed by atoms with E-state index in [0.717, 1.165) is 23.6 Å². The summed E-state index contributed by atoms with van der Waals surface area (Å²) in [6.07, 6.45) is 11.5. The van der Waals surface area contributed by atoms with Crippen molar-refractivity contribution in [2.24, 2.45) is 0 Å². The van der Waals surface area contributed by atoms with Crippen LogP contribution in [0.1, 0.15) is 81.5 Å². The fraction of sp³-hybridized carbons (Fsp3) is 0.520. The minimum Gasteiger partial charge on any atom is -0.480 e. The summed E-state index contributed by atoms with van der Waals surface area (Å²) < 4.78 is 0. The zero-order chi connectivity index (χ0) is 21.1. The van der Waals surface area contributed by atoms with E-state index < -0.39 is 5.97 Å². The van der Waals surface area contributed by atoms with E-state index in [1.165, 1.54) is 44.9 Å². The maximum Gasteiger partial charge on any atom is 0.323 e. The molecule has 0 atom stereocenters. The van der Waals surface area contributed by atoms with Crippen molar-refractivity contribution in [3.8, 4) is 0 Å². The molecule has 0 heterocycles. The molecule has 0 aliphatic heterocycles. The van der Waals surface area contributed by atoms with E-state index in [0.29, 0.717) is 17.7 Å². The molecule has 29 heavy (non-hydrogen) atoms. The molecule has 1 N–H and O–H groups in total. The zero-order valence-electron chi connectivity index (χ0n) is 18.0. The van der Waals surface area contributed by atoms with Gasteiger partial charge in [0, 0.05) is 24.7 Å². The number of carboxylic acid groups (broad SMARTS) is 1. The number of Topliss-reactive ketones (excluding diaryl/α,β-unsaturated/α-hetero) is 1. The number of unbranched alkanes of at least 4 members (excludes halogenated alkanes) is 8. The third-order valence-corrected chi connectivity index (χ3v) is 5.48. The molecule has 0 aliphatic carbocycles. The van der Waals surface area contributed by atoms with Gasteiger partial charge in [0.2, 0.25) is 0 Å². The molecule has 0 spiro atoms. The third kappa shape index (κ3) is 7.19. The maximum atomic E-state index is 13.1. The number of carboxylic acids is 1. The van der Waals surface area contributed by atoms with Gasteiger partial charge in [0.1, 0.15) is 6.54 Å². The lowest BCUT2D eigenvalue weighted by Gasteiger charge is -2.21. The van der Waals surface area contributed by atoms with E-state index in [-0.39, 0.29) is 12.3 Å². The molecule has 2 rings (SSSR count). The smallest absolute Gasteiger partial charge is 0.323 e. The standard InChI is InChI=1S/C25H35NO3/c1-3-4-5-6-7-8-9-10-11-16-23(27)25-21-15-13-12-14-20(21)17-18-22(25)26(2)19-24(28)29/h12-15,17-18H,3-11,16,19H2,1-2H3,(H,28,29). The van der Waals surface area contributed by atoms with Crippen molar-refractivity contribution in [1.29, 1.82) is 0 Å². The Morgan fingerprint density at radius 3 is 2.14 bits per heavy atom. The molecule has 4 heteroatoms. The number of aliphatic carboxylic acids is 1. The highest BCUT2D eigenvalue weighted by molar-refractivity contribution is 6.13. The number of carbonyl (C=O) groups excluding carboxylic acids is 1. The molecule has 0 fully saturated rings. The van der Waals surface area contributed by atoms with Crippen molar-refractivity contribution in [3.05, 3.63) is 42.0 Å². The lowest BCUT2D eigenvalue weighted by atomic mass is 9.95. The molecule has 0 aromatic heterocycles. The van der Waals surface area contributed by atoms with Crippen molar-refractivity contribution >= 4 is 28.2 Å². The maximum absolute atomic E-state index is 13.1. The highest BCUT2D eigenvalue weighted by Crippen LogP contribution is 2.30. The highest BCUT2D eigenvalue weighted by atomic mass is 16.4. The van der Waals surface area contributed by atoms with Gasteiger partial charge in [-0.3, -0.25) is 9.59 Å². The first-order valence-electron chi connectivity index (χ1n) is 11.0. The Labute approximate surface area is 174 Å². The van der Waals surface area contributed by atoms with Crippen molar-refractivity contribution in [2.75, 3.05) is 18.5 Å². The number of rotatable bonds is 14. The molecule has 2 aromatic carbocycles. The Morgan fingerprint density at radius 1 is 0.862 bits per heavy atom. The Kier molecular flexibility index (Phi) is 9.69. The Hall–Kier alpha value is -2.36. The number of nitrogens with zero attached hydrogens (tertiary/aromatic N) is 1. The van der Waals surface area contributed by atoms with Crippen molar-refractivity contribution in [2.45, 2.75) is 71.1 Å². The van der Waals surface area contributed by atoms with E-state index in [2.05, 4.69) is 6.92 Å². The van der Waals surface area contributed by atoms with Crippen LogP contribution in [0.15, 0.2) is 36.4 Å². The van der Waals surface area contributed by atoms with E-state index >= 15 is 0 Å². The van der Waals surface area contributed by atoms with Gasteiger partial charge < -0.3 is 10.0 Å². The third-order valence-electron chi connectivity index (χ3n) is 5.48. The lowest BCUT2D eigenvalue weighted by molar-refractivity contribution is -0.135. The number of hydrogen-bond acceptors (Lipinski definition) is 3. The topological polar surface area (TPSA) is 57.6 Å². The molecule has 0 saturated heterocycles. The van der Waals surface area contributed by atoms with Gasteiger partial charge in [-0.15, -0.1) is 0 Å². The predicted octanol–water partition coefficient (Wildman–Crippen LogP) is 6.46. The van der Waals surface area contributed by atoms with Crippen LogP contribution in [-0.4, -0.2) is 30.5 Å². The number of anilines is 1. The summed E-state index contributed by atoms with van der Waals surface area (Å²) >= 11 is 0. The van der Waals surface area contributed by atoms with Crippen LogP contribution in [0.3, 0.4) is 0 Å². The molecule has 0 unspecified atom stereocenters. The summed E-state index contributed by atoms with van der Waals surface area (Å²) in [6.45, 7) is 2.11. The normalized spacial score (nSPS) is 11.0. The fourth-order valence-electron chi connectivity index (χ4n) is 3.88. The molecule has 0 radical (unpaired) electrons. The largest absolute Gasteiger partial charge is 0.480 e. The average molecular weight is 398 g/mol. The predicted molar refractivity (Wildman–Crippen MR) is 121 cm³/mol. The van der Waals surface area contributed by atoms with E-state index in [1.807, 2.05) is 36.4 Å². The number of ketones is 1. The van der Waals surface area contributed by atoms with Crippen molar-refractivity contribution in [1.82, 2.24) is 0 Å². The van der Waals surface area contributed by atoms with E-state index in [4.69, 9.17) is 5.11 Å². The monoisotopic (exact) mass is 397 g/mol. The molecule has 2 aromatic rings. The molecule has 4 nitrogen and oxygen atoms in total. The Bertz CT molecular complexity index is 800. The van der Waals surface area contributed by atoms with Crippen LogP contribution in [0.4, 0.5) is 5.69 Å². The number of likely N-dealkylation sites (N-methyl/N-ethyl adjacent to an activating group) is 1. The van der Waals surface area contributed by atoms with Gasteiger partial charge in [-0.05, 0) is 23.3 Å². The van der Waals surface area contributed by atoms with Gasteiger partial charge in [0.25, 0.3) is 0 Å². The minimum absolute atomic E-state index is 0.108. The second-order valence-corrected chi connectivity index (χ2v) is 7.93. The minimum atomic E-state index is -0.905. The second-order valence-electron chi connectivity index (χ2n) is 7.93. The summed E-state index contributed by atoms with van der Waals surface area (Å²) in [5, 5.41) is 11.1. The molecule has 0 aliphatic rings. The van der Waals surface area contributed by atoms with Crippen LogP contribution in [0.25, 0.3) is 10.8 Å². The first kappa shape index (κ1) is 22.9. The molecule has 0 amide bonds. The van der Waals surface area contributed by atoms with Gasteiger partial charge in [0.15, 0.2) is 5.78 Å². The molecule has 0 bridgehead atoms. The summed E-state index contributed by atoms with van der Waals surface area (Å²) in [4.78, 5) is 25.9. The Balaban J connectivity index is 1.99. The average Bonchev–Trinajstić information content (AvgIpc) is 2.71. The van der Waals surface area contributed by atoms with Gasteiger partial charge in [-0.1, -0.05) is 88.6 Å². The summed E-state index contributed by atoms with van der Waals surface area (Å²) in [6, 6.07) is 11.7. The van der Waals surface area contributed by atoms with Crippen LogP contribution in [-0.2, 0) is 4.79 Å². The van der Waals surface area contributed by atoms with Crippen LogP contribution >= 0.6 is 0 Å². The number of hydrogen-bond donors (Lipinski definition) is 1. The van der Waals surface area contributed by atoms with Gasteiger partial charge in [0.05, 0.1) is 0 Å². The molecule has 158 valence electrons. The Morgan fingerprint density at radius 2 is 1.48 bits per heavy atom. The lowest BCUT2D eigenvalue weighted by Crippen LogP contribution is -2.26. The molecule has 0 saturated carbocycles. The van der Waals surface area contributed by atoms with Crippen molar-refractivity contribution < 1.29 is 14.7 Å². The SMILES string of the molecule is CCCCCCCCCCCC(=O)c1c(N(C)CC(=O)O)ccc2ccccc12. The number of benzene rings is 2. The second kappa shape index (κ2) is 12.3. The first-order chi connectivity index (χ1) is 14.0. The van der Waals surface area contributed by atoms with Crippen LogP contribution in [0.2, 0.25) is 0 Å². The van der Waals surface area contributed by atoms with Crippen LogP contribution in [0.5, 0.6) is 0 Å². The van der Waals surface area contributed by atoms with Crippen LogP contribution in [0, 0.1) is 0 Å². The number of carbonyl (C=O) groups is 2. The summed E-state index contributed by atoms with van der Waals surface area (Å²) in [7, 11) is 1.73. The van der Waals surface area contributed by atoms with Gasteiger partial charge >= 0.3 is 5.97 Å². The first-order valence-corrected chi connectivity index (χ1v) is 11.0. The van der Waals surface area contributed by atoms with Gasteiger partial charge in [-0.2, -0.15) is 0 Å². The van der Waals surface area contributed by atoms with E-state index in [1.54, 1.807) is 11.9 Å².